The van der Waals surface area contributed by atoms with E-state index in [4.69, 9.17) is 16.0 Å². The molecule has 3 aromatic heterocycles. The summed E-state index contributed by atoms with van der Waals surface area (Å²) in [6.07, 6.45) is 1.77. The Morgan fingerprint density at radius 1 is 1.40 bits per heavy atom. The highest BCUT2D eigenvalue weighted by molar-refractivity contribution is 9.11. The van der Waals surface area contributed by atoms with Gasteiger partial charge in [0.1, 0.15) is 12.2 Å². The minimum atomic E-state index is -0.175. The van der Waals surface area contributed by atoms with Crippen molar-refractivity contribution in [2.24, 2.45) is 0 Å². The molecule has 0 fully saturated rings. The Labute approximate surface area is 131 Å². The number of thiophene rings is 1. The van der Waals surface area contributed by atoms with Crippen LogP contribution in [0.5, 0.6) is 0 Å². The van der Waals surface area contributed by atoms with Crippen LogP contribution < -0.4 is 0 Å². The van der Waals surface area contributed by atoms with Crippen molar-refractivity contribution in [1.82, 2.24) is 25.2 Å². The summed E-state index contributed by atoms with van der Waals surface area (Å²) < 4.78 is 8.24. The largest absolute Gasteiger partial charge is 0.418 e. The number of nitrogens with zero attached hydrogens (tertiary/aromatic N) is 5. The van der Waals surface area contributed by atoms with E-state index in [0.717, 1.165) is 8.66 Å². The minimum absolute atomic E-state index is 0.175. The molecule has 1 atom stereocenters. The van der Waals surface area contributed by atoms with Crippen molar-refractivity contribution in [2.45, 2.75) is 18.8 Å². The zero-order valence-corrected chi connectivity index (χ0v) is 13.5. The van der Waals surface area contributed by atoms with E-state index >= 15 is 0 Å². The molecule has 0 amide bonds. The number of aromatic nitrogens is 5. The van der Waals surface area contributed by atoms with E-state index in [1.807, 2.05) is 19.1 Å². The predicted molar refractivity (Wildman–Crippen MR) is 78.7 cm³/mol. The van der Waals surface area contributed by atoms with Crippen LogP contribution >= 0.6 is 38.9 Å². The molecule has 0 aliphatic heterocycles. The van der Waals surface area contributed by atoms with Crippen molar-refractivity contribution in [1.29, 1.82) is 0 Å². The maximum atomic E-state index is 5.94. The van der Waals surface area contributed by atoms with Crippen molar-refractivity contribution in [2.75, 3.05) is 0 Å². The smallest absolute Gasteiger partial charge is 0.257 e. The first-order chi connectivity index (χ1) is 9.61. The van der Waals surface area contributed by atoms with Crippen LogP contribution in [0.3, 0.4) is 0 Å². The van der Waals surface area contributed by atoms with E-state index in [9.17, 15) is 0 Å². The molecule has 0 saturated heterocycles. The molecule has 0 saturated carbocycles. The fraction of sp³-hybridized carbons (Fsp3) is 0.273. The van der Waals surface area contributed by atoms with E-state index < -0.39 is 0 Å². The fourth-order valence-electron chi connectivity index (χ4n) is 1.56. The summed E-state index contributed by atoms with van der Waals surface area (Å²) in [6.45, 7) is 2.21. The summed E-state index contributed by atoms with van der Waals surface area (Å²) in [6, 6.07) is 3.87. The van der Waals surface area contributed by atoms with Gasteiger partial charge in [-0.1, -0.05) is 5.21 Å². The standard InChI is InChI=1S/C11H9BrClN5OS/c1-6(13)7-4-18(17-14-7)5-10-15-16-11(19-10)8-2-3-9(12)20-8/h2-4,6H,5H2,1H3. The van der Waals surface area contributed by atoms with E-state index in [1.54, 1.807) is 10.9 Å². The maximum Gasteiger partial charge on any atom is 0.257 e. The molecule has 9 heteroatoms. The van der Waals surface area contributed by atoms with Crippen LogP contribution in [0.4, 0.5) is 0 Å². The third-order valence-electron chi connectivity index (χ3n) is 2.51. The van der Waals surface area contributed by atoms with Crippen LogP contribution in [0.2, 0.25) is 0 Å². The van der Waals surface area contributed by atoms with Gasteiger partial charge in [-0.05, 0) is 35.0 Å². The molecule has 0 N–H and O–H groups in total. The minimum Gasteiger partial charge on any atom is -0.418 e. The lowest BCUT2D eigenvalue weighted by Crippen LogP contribution is -2.00. The van der Waals surface area contributed by atoms with Crippen LogP contribution in [0.15, 0.2) is 26.5 Å². The van der Waals surface area contributed by atoms with Gasteiger partial charge >= 0.3 is 0 Å². The summed E-state index contributed by atoms with van der Waals surface area (Å²) in [5.74, 6) is 0.977. The number of hydrogen-bond acceptors (Lipinski definition) is 6. The van der Waals surface area contributed by atoms with E-state index in [1.165, 1.54) is 11.3 Å². The van der Waals surface area contributed by atoms with Gasteiger partial charge in [-0.2, -0.15) is 0 Å². The average Bonchev–Trinajstić information content (AvgIpc) is 3.09. The Balaban J connectivity index is 1.76. The number of hydrogen-bond donors (Lipinski definition) is 0. The van der Waals surface area contributed by atoms with Gasteiger partial charge in [0.25, 0.3) is 5.89 Å². The van der Waals surface area contributed by atoms with Crippen LogP contribution in [0.1, 0.15) is 23.9 Å². The van der Waals surface area contributed by atoms with Crippen molar-refractivity contribution >= 4 is 38.9 Å². The topological polar surface area (TPSA) is 69.6 Å². The highest BCUT2D eigenvalue weighted by Gasteiger charge is 2.13. The van der Waals surface area contributed by atoms with Crippen molar-refractivity contribution in [3.63, 3.8) is 0 Å². The highest BCUT2D eigenvalue weighted by atomic mass is 79.9. The summed E-state index contributed by atoms with van der Waals surface area (Å²) in [5, 5.41) is 15.8. The molecule has 0 radical (unpaired) electrons. The SMILES string of the molecule is CC(Cl)c1cn(Cc2nnc(-c3ccc(Br)s3)o2)nn1. The summed E-state index contributed by atoms with van der Waals surface area (Å²) in [4.78, 5) is 0.921. The summed E-state index contributed by atoms with van der Waals surface area (Å²) in [5.41, 5.74) is 0.716. The molecular weight excluding hydrogens is 366 g/mol. The van der Waals surface area contributed by atoms with Gasteiger partial charge in [0, 0.05) is 0 Å². The van der Waals surface area contributed by atoms with Crippen LogP contribution in [0, 0.1) is 0 Å². The Morgan fingerprint density at radius 3 is 2.90 bits per heavy atom. The molecule has 0 aliphatic carbocycles. The number of halogens is 2. The molecule has 3 heterocycles. The third kappa shape index (κ3) is 2.92. The van der Waals surface area contributed by atoms with Gasteiger partial charge in [0.2, 0.25) is 5.89 Å². The third-order valence-corrected chi connectivity index (χ3v) is 4.35. The van der Waals surface area contributed by atoms with Gasteiger partial charge in [0.15, 0.2) is 0 Å². The van der Waals surface area contributed by atoms with Crippen LogP contribution in [-0.4, -0.2) is 25.2 Å². The van der Waals surface area contributed by atoms with Crippen molar-refractivity contribution in [3.05, 3.63) is 33.7 Å². The first kappa shape index (κ1) is 13.7. The zero-order chi connectivity index (χ0) is 14.1. The maximum absolute atomic E-state index is 5.94. The number of rotatable bonds is 4. The first-order valence-electron chi connectivity index (χ1n) is 5.74. The zero-order valence-electron chi connectivity index (χ0n) is 10.3. The Morgan fingerprint density at radius 2 is 2.25 bits per heavy atom. The normalized spacial score (nSPS) is 12.8. The van der Waals surface area contributed by atoms with E-state index in [0.29, 0.717) is 24.0 Å². The predicted octanol–water partition coefficient (Wildman–Crippen LogP) is 3.50. The lowest BCUT2D eigenvalue weighted by molar-refractivity contribution is 0.470. The molecule has 0 aromatic carbocycles. The van der Waals surface area contributed by atoms with Crippen molar-refractivity contribution < 1.29 is 4.42 Å². The molecule has 3 rings (SSSR count). The molecule has 104 valence electrons. The highest BCUT2D eigenvalue weighted by Crippen LogP contribution is 2.30. The van der Waals surface area contributed by atoms with Gasteiger partial charge in [0.05, 0.1) is 20.2 Å². The molecule has 20 heavy (non-hydrogen) atoms. The first-order valence-corrected chi connectivity index (χ1v) is 7.78. The van der Waals surface area contributed by atoms with Crippen LogP contribution in [-0.2, 0) is 6.54 Å². The summed E-state index contributed by atoms with van der Waals surface area (Å²) >= 11 is 10.9. The second-order valence-electron chi connectivity index (χ2n) is 4.06. The molecule has 1 unspecified atom stereocenters. The van der Waals surface area contributed by atoms with E-state index in [2.05, 4.69) is 36.4 Å². The Bertz CT molecular complexity index is 722. The van der Waals surface area contributed by atoms with Gasteiger partial charge < -0.3 is 4.42 Å². The van der Waals surface area contributed by atoms with Gasteiger partial charge in [-0.3, -0.25) is 0 Å². The monoisotopic (exact) mass is 373 g/mol. The number of alkyl halides is 1. The molecule has 3 aromatic rings. The molecule has 0 spiro atoms. The summed E-state index contributed by atoms with van der Waals surface area (Å²) in [7, 11) is 0. The molecular formula is C11H9BrClN5OS. The van der Waals surface area contributed by atoms with Gasteiger partial charge in [-0.15, -0.1) is 38.2 Å². The van der Waals surface area contributed by atoms with Crippen LogP contribution in [0.25, 0.3) is 10.8 Å². The van der Waals surface area contributed by atoms with Gasteiger partial charge in [-0.25, -0.2) is 4.68 Å². The molecule has 6 nitrogen and oxygen atoms in total. The lowest BCUT2D eigenvalue weighted by atomic mass is 10.4. The molecule has 0 aliphatic rings. The lowest BCUT2D eigenvalue weighted by Gasteiger charge is -1.94. The quantitative estimate of drug-likeness (QED) is 0.654. The fourth-order valence-corrected chi connectivity index (χ4v) is 2.97. The second-order valence-corrected chi connectivity index (χ2v) is 7.18. The average molecular weight is 375 g/mol. The van der Waals surface area contributed by atoms with Crippen molar-refractivity contribution in [3.8, 4) is 10.8 Å². The molecule has 0 bridgehead atoms. The Kier molecular flexibility index (Phi) is 3.86. The second kappa shape index (κ2) is 5.63. The Hall–Kier alpha value is -1.25. The van der Waals surface area contributed by atoms with E-state index in [-0.39, 0.29) is 5.38 Å².